The number of nitro benzene ring substituents is 1. The molecule has 2 aromatic rings. The van der Waals surface area contributed by atoms with Crippen LogP contribution in [0.15, 0.2) is 48.5 Å². The highest BCUT2D eigenvalue weighted by Gasteiger charge is 2.64. The van der Waals surface area contributed by atoms with Crippen molar-refractivity contribution in [3.63, 3.8) is 0 Å². The van der Waals surface area contributed by atoms with Crippen molar-refractivity contribution >= 4 is 34.9 Å². The molecule has 1 spiro atoms. The molecule has 0 N–H and O–H groups in total. The molecule has 3 aliphatic heterocycles. The van der Waals surface area contributed by atoms with Crippen LogP contribution in [0.25, 0.3) is 0 Å². The second-order valence-electron chi connectivity index (χ2n) is 8.72. The predicted molar refractivity (Wildman–Crippen MR) is 120 cm³/mol. The van der Waals surface area contributed by atoms with Crippen LogP contribution in [0, 0.1) is 15.5 Å². The van der Waals surface area contributed by atoms with Gasteiger partial charge in [-0.05, 0) is 23.8 Å². The third-order valence-electron chi connectivity index (χ3n) is 7.07. The molecular formula is C23H23N5O5. The van der Waals surface area contributed by atoms with Gasteiger partial charge in [-0.1, -0.05) is 18.2 Å². The van der Waals surface area contributed by atoms with Gasteiger partial charge in [-0.25, -0.2) is 4.79 Å². The highest BCUT2D eigenvalue weighted by molar-refractivity contribution is 6.20. The second kappa shape index (κ2) is 7.29. The molecule has 5 rings (SSSR count). The number of nitro groups is 1. The lowest BCUT2D eigenvalue weighted by atomic mass is 9.67. The SMILES string of the molecule is CN1C(=O)N(C)C(=O)C2(Cc3cc([N+](=O)[O-])ccc3N3CCN(c4ccccc4)C[C@@H]32)C1=O. The van der Waals surface area contributed by atoms with E-state index in [0.717, 1.165) is 21.2 Å². The Balaban J connectivity index is 1.67. The number of benzene rings is 2. The molecule has 170 valence electrons. The van der Waals surface area contributed by atoms with Crippen LogP contribution in [-0.2, 0) is 16.0 Å². The number of hydrogen-bond acceptors (Lipinski definition) is 7. The summed E-state index contributed by atoms with van der Waals surface area (Å²) in [6, 6.07) is 13.1. The topological polar surface area (TPSA) is 107 Å². The van der Waals surface area contributed by atoms with Gasteiger partial charge < -0.3 is 9.80 Å². The molecule has 0 unspecified atom stereocenters. The lowest BCUT2D eigenvalue weighted by Gasteiger charge is -2.56. The molecule has 10 nitrogen and oxygen atoms in total. The van der Waals surface area contributed by atoms with E-state index in [-0.39, 0.29) is 12.1 Å². The number of piperazine rings is 1. The maximum absolute atomic E-state index is 13.7. The molecule has 2 aromatic carbocycles. The first kappa shape index (κ1) is 20.9. The van der Waals surface area contributed by atoms with Gasteiger partial charge in [0.1, 0.15) is 0 Å². The van der Waals surface area contributed by atoms with Gasteiger partial charge in [-0.3, -0.25) is 29.5 Å². The number of fused-ring (bicyclic) bond motifs is 4. The van der Waals surface area contributed by atoms with Gasteiger partial charge in [0.25, 0.3) is 5.69 Å². The van der Waals surface area contributed by atoms with E-state index >= 15 is 0 Å². The number of nitrogens with zero attached hydrogens (tertiary/aromatic N) is 5. The quantitative estimate of drug-likeness (QED) is 0.391. The first-order chi connectivity index (χ1) is 15.8. The maximum Gasteiger partial charge on any atom is 0.332 e. The first-order valence-electron chi connectivity index (χ1n) is 10.7. The predicted octanol–water partition coefficient (Wildman–Crippen LogP) is 1.88. The van der Waals surface area contributed by atoms with Gasteiger partial charge in [-0.2, -0.15) is 0 Å². The largest absolute Gasteiger partial charge is 0.368 e. The van der Waals surface area contributed by atoms with Crippen molar-refractivity contribution in [1.82, 2.24) is 9.80 Å². The number of non-ortho nitro benzene ring substituents is 1. The van der Waals surface area contributed by atoms with Gasteiger partial charge >= 0.3 is 6.03 Å². The van der Waals surface area contributed by atoms with E-state index in [1.807, 2.05) is 35.2 Å². The molecular weight excluding hydrogens is 426 g/mol. The third kappa shape index (κ3) is 2.90. The average molecular weight is 449 g/mol. The summed E-state index contributed by atoms with van der Waals surface area (Å²) in [6.07, 6.45) is -0.00651. The molecule has 0 aromatic heterocycles. The molecule has 1 atom stereocenters. The minimum atomic E-state index is -1.56. The van der Waals surface area contributed by atoms with Crippen LogP contribution in [-0.4, -0.2) is 72.3 Å². The lowest BCUT2D eigenvalue weighted by Crippen LogP contribution is -2.74. The summed E-state index contributed by atoms with van der Waals surface area (Å²) in [7, 11) is 2.75. The number of imide groups is 2. The minimum absolute atomic E-state index is 0.00651. The molecule has 4 amide bonds. The zero-order valence-corrected chi connectivity index (χ0v) is 18.3. The summed E-state index contributed by atoms with van der Waals surface area (Å²) in [6.45, 7) is 1.57. The van der Waals surface area contributed by atoms with Crippen LogP contribution in [0.1, 0.15) is 5.56 Å². The Hall–Kier alpha value is -3.95. The summed E-state index contributed by atoms with van der Waals surface area (Å²) in [5.74, 6) is -1.14. The van der Waals surface area contributed by atoms with Gasteiger partial charge in [0, 0.05) is 63.7 Å². The number of amides is 4. The van der Waals surface area contributed by atoms with Crippen molar-refractivity contribution in [1.29, 1.82) is 0 Å². The van der Waals surface area contributed by atoms with Crippen molar-refractivity contribution in [2.45, 2.75) is 12.5 Å². The van der Waals surface area contributed by atoms with E-state index in [1.165, 1.54) is 26.2 Å². The Morgan fingerprint density at radius 2 is 1.64 bits per heavy atom. The number of rotatable bonds is 2. The van der Waals surface area contributed by atoms with Crippen LogP contribution in [0.3, 0.4) is 0 Å². The number of anilines is 2. The van der Waals surface area contributed by atoms with Crippen LogP contribution >= 0.6 is 0 Å². The van der Waals surface area contributed by atoms with E-state index in [1.54, 1.807) is 6.07 Å². The van der Waals surface area contributed by atoms with Crippen LogP contribution in [0.5, 0.6) is 0 Å². The van der Waals surface area contributed by atoms with Crippen molar-refractivity contribution in [2.75, 3.05) is 43.5 Å². The number of carbonyl (C=O) groups is 3. The third-order valence-corrected chi connectivity index (χ3v) is 7.07. The molecule has 0 radical (unpaired) electrons. The second-order valence-corrected chi connectivity index (χ2v) is 8.72. The number of carbonyl (C=O) groups excluding carboxylic acids is 3. The highest BCUT2D eigenvalue weighted by Crippen LogP contribution is 2.47. The molecule has 0 bridgehead atoms. The van der Waals surface area contributed by atoms with E-state index in [9.17, 15) is 24.5 Å². The normalized spacial score (nSPS) is 21.9. The highest BCUT2D eigenvalue weighted by atomic mass is 16.6. The van der Waals surface area contributed by atoms with Crippen molar-refractivity contribution in [3.8, 4) is 0 Å². The van der Waals surface area contributed by atoms with Gasteiger partial charge in [0.2, 0.25) is 11.8 Å². The molecule has 2 saturated heterocycles. The summed E-state index contributed by atoms with van der Waals surface area (Å²) >= 11 is 0. The molecule has 10 heteroatoms. The maximum atomic E-state index is 13.7. The average Bonchev–Trinajstić information content (AvgIpc) is 2.84. The zero-order valence-electron chi connectivity index (χ0n) is 18.3. The fourth-order valence-corrected chi connectivity index (χ4v) is 5.42. The minimum Gasteiger partial charge on any atom is -0.368 e. The number of urea groups is 1. The number of barbiturate groups is 1. The molecule has 33 heavy (non-hydrogen) atoms. The molecule has 0 saturated carbocycles. The van der Waals surface area contributed by atoms with Crippen molar-refractivity contribution < 1.29 is 19.3 Å². The summed E-state index contributed by atoms with van der Waals surface area (Å²) in [4.78, 5) is 56.9. The van der Waals surface area contributed by atoms with Gasteiger partial charge in [-0.15, -0.1) is 0 Å². The lowest BCUT2D eigenvalue weighted by molar-refractivity contribution is -0.384. The van der Waals surface area contributed by atoms with E-state index in [0.29, 0.717) is 25.2 Å². The monoisotopic (exact) mass is 449 g/mol. The van der Waals surface area contributed by atoms with Crippen molar-refractivity contribution in [2.24, 2.45) is 5.41 Å². The Morgan fingerprint density at radius 1 is 0.970 bits per heavy atom. The summed E-state index contributed by atoms with van der Waals surface area (Å²) in [5.41, 5.74) is 0.667. The number of para-hydroxylation sites is 1. The Labute approximate surface area is 190 Å². The summed E-state index contributed by atoms with van der Waals surface area (Å²) in [5, 5.41) is 11.4. The fraction of sp³-hybridized carbons (Fsp3) is 0.348. The van der Waals surface area contributed by atoms with E-state index in [2.05, 4.69) is 4.90 Å². The van der Waals surface area contributed by atoms with Gasteiger partial charge in [0.05, 0.1) is 11.0 Å². The van der Waals surface area contributed by atoms with Crippen molar-refractivity contribution in [3.05, 3.63) is 64.2 Å². The smallest absolute Gasteiger partial charge is 0.332 e. The Morgan fingerprint density at radius 3 is 2.27 bits per heavy atom. The summed E-state index contributed by atoms with van der Waals surface area (Å²) < 4.78 is 0. The molecule has 3 aliphatic rings. The first-order valence-corrected chi connectivity index (χ1v) is 10.7. The Bertz CT molecular complexity index is 1160. The molecule has 2 fully saturated rings. The van der Waals surface area contributed by atoms with Crippen LogP contribution < -0.4 is 9.80 Å². The fourth-order valence-electron chi connectivity index (χ4n) is 5.42. The van der Waals surface area contributed by atoms with E-state index in [4.69, 9.17) is 0 Å². The Kier molecular flexibility index (Phi) is 4.62. The van der Waals surface area contributed by atoms with E-state index < -0.39 is 34.2 Å². The van der Waals surface area contributed by atoms with Crippen LogP contribution in [0.2, 0.25) is 0 Å². The zero-order chi connectivity index (χ0) is 23.5. The standard InChI is InChI=1S/C23H23N5O5/c1-24-20(29)23(21(30)25(2)22(24)31)13-15-12-17(28(32)33)8-9-18(15)27-11-10-26(14-19(23)27)16-6-4-3-5-7-16/h3-9,12,19H,10-11,13-14H2,1-2H3/t19-/m1/s1. The molecule has 0 aliphatic carbocycles. The van der Waals surface area contributed by atoms with Crippen LogP contribution in [0.4, 0.5) is 21.9 Å². The number of hydrogen-bond donors (Lipinski definition) is 0. The van der Waals surface area contributed by atoms with Gasteiger partial charge in [0.15, 0.2) is 5.41 Å². The molecule has 3 heterocycles.